The Bertz CT molecular complexity index is 167. The van der Waals surface area contributed by atoms with Crippen molar-refractivity contribution in [2.24, 2.45) is 16.6 Å². The predicted molar refractivity (Wildman–Crippen MR) is 47.1 cm³/mol. The summed E-state index contributed by atoms with van der Waals surface area (Å²) in [5.74, 6) is 5.22. The monoisotopic (exact) mass is 173 g/mol. The SMILES string of the molecule is CCNC(=NCCC(N)=O)NN. The van der Waals surface area contributed by atoms with Gasteiger partial charge in [-0.1, -0.05) is 0 Å². The fourth-order valence-corrected chi connectivity index (χ4v) is 0.598. The largest absolute Gasteiger partial charge is 0.370 e. The van der Waals surface area contributed by atoms with E-state index in [-0.39, 0.29) is 12.3 Å². The van der Waals surface area contributed by atoms with E-state index in [1.165, 1.54) is 0 Å². The molecule has 0 unspecified atom stereocenters. The molecule has 6 heteroatoms. The van der Waals surface area contributed by atoms with E-state index in [4.69, 9.17) is 11.6 Å². The summed E-state index contributed by atoms with van der Waals surface area (Å²) in [4.78, 5) is 14.2. The molecule has 70 valence electrons. The van der Waals surface area contributed by atoms with E-state index in [0.717, 1.165) is 6.54 Å². The number of aliphatic imine (C=N–C) groups is 1. The van der Waals surface area contributed by atoms with Gasteiger partial charge in [-0.05, 0) is 6.92 Å². The molecule has 0 spiro atoms. The molecule has 0 fully saturated rings. The molecule has 0 saturated carbocycles. The standard InChI is InChI=1S/C6H15N5O/c1-2-9-6(11-8)10-4-3-5(7)12/h2-4,8H2,1H3,(H2,7,12)(H2,9,10,11). The first-order chi connectivity index (χ1) is 5.70. The van der Waals surface area contributed by atoms with Crippen LogP contribution in [0.15, 0.2) is 4.99 Å². The average Bonchev–Trinajstić information content (AvgIpc) is 2.02. The highest BCUT2D eigenvalue weighted by Crippen LogP contribution is 1.78. The highest BCUT2D eigenvalue weighted by Gasteiger charge is 1.94. The molecule has 12 heavy (non-hydrogen) atoms. The number of nitrogens with two attached hydrogens (primary N) is 2. The van der Waals surface area contributed by atoms with Crippen LogP contribution >= 0.6 is 0 Å². The van der Waals surface area contributed by atoms with Gasteiger partial charge in [-0.2, -0.15) is 0 Å². The maximum Gasteiger partial charge on any atom is 0.219 e. The van der Waals surface area contributed by atoms with Crippen molar-refractivity contribution in [2.45, 2.75) is 13.3 Å². The summed E-state index contributed by atoms with van der Waals surface area (Å²) in [5.41, 5.74) is 7.28. The lowest BCUT2D eigenvalue weighted by Crippen LogP contribution is -2.41. The van der Waals surface area contributed by atoms with Crippen LogP contribution in [0.3, 0.4) is 0 Å². The topological polar surface area (TPSA) is 106 Å². The first-order valence-electron chi connectivity index (χ1n) is 3.74. The van der Waals surface area contributed by atoms with Gasteiger partial charge in [0.05, 0.1) is 6.54 Å². The smallest absolute Gasteiger partial charge is 0.219 e. The molecule has 0 heterocycles. The number of amides is 1. The molecule has 0 bridgehead atoms. The summed E-state index contributed by atoms with van der Waals surface area (Å²) in [6.07, 6.45) is 0.233. The number of hydrazine groups is 1. The van der Waals surface area contributed by atoms with E-state index >= 15 is 0 Å². The van der Waals surface area contributed by atoms with Crippen molar-refractivity contribution in [3.05, 3.63) is 0 Å². The second-order valence-corrected chi connectivity index (χ2v) is 2.12. The predicted octanol–water partition coefficient (Wildman–Crippen LogP) is -1.71. The van der Waals surface area contributed by atoms with Crippen molar-refractivity contribution >= 4 is 11.9 Å². The molecule has 1 amide bonds. The minimum absolute atomic E-state index is 0.233. The Labute approximate surface area is 71.4 Å². The number of hydrogen-bond donors (Lipinski definition) is 4. The Hall–Kier alpha value is -1.30. The number of hydrogen-bond acceptors (Lipinski definition) is 3. The van der Waals surface area contributed by atoms with Gasteiger partial charge < -0.3 is 11.1 Å². The molecule has 0 aliphatic carbocycles. The van der Waals surface area contributed by atoms with E-state index in [9.17, 15) is 4.79 Å². The Morgan fingerprint density at radius 3 is 2.67 bits per heavy atom. The molecule has 0 aliphatic heterocycles. The molecule has 0 aromatic carbocycles. The summed E-state index contributed by atoms with van der Waals surface area (Å²) in [6.45, 7) is 2.99. The van der Waals surface area contributed by atoms with E-state index in [1.54, 1.807) is 0 Å². The minimum atomic E-state index is -0.369. The van der Waals surface area contributed by atoms with Crippen LogP contribution in [0, 0.1) is 0 Å². The van der Waals surface area contributed by atoms with E-state index < -0.39 is 0 Å². The third-order valence-corrected chi connectivity index (χ3v) is 1.11. The van der Waals surface area contributed by atoms with Crippen molar-refractivity contribution in [3.8, 4) is 0 Å². The summed E-state index contributed by atoms with van der Waals surface area (Å²) >= 11 is 0. The van der Waals surface area contributed by atoms with Gasteiger partial charge in [0.1, 0.15) is 0 Å². The van der Waals surface area contributed by atoms with Gasteiger partial charge in [-0.15, -0.1) is 0 Å². The van der Waals surface area contributed by atoms with Crippen molar-refractivity contribution in [1.82, 2.24) is 10.7 Å². The Morgan fingerprint density at radius 2 is 2.25 bits per heavy atom. The second-order valence-electron chi connectivity index (χ2n) is 2.12. The van der Waals surface area contributed by atoms with Crippen LogP contribution in [0.1, 0.15) is 13.3 Å². The fourth-order valence-electron chi connectivity index (χ4n) is 0.598. The number of carbonyl (C=O) groups is 1. The average molecular weight is 173 g/mol. The van der Waals surface area contributed by atoms with Crippen LogP contribution in [0.4, 0.5) is 0 Å². The Morgan fingerprint density at radius 1 is 1.58 bits per heavy atom. The number of guanidine groups is 1. The zero-order valence-electron chi connectivity index (χ0n) is 7.13. The van der Waals surface area contributed by atoms with Crippen molar-refractivity contribution < 1.29 is 4.79 Å². The number of rotatable bonds is 4. The molecule has 0 aromatic rings. The van der Waals surface area contributed by atoms with Crippen LogP contribution in [0.2, 0.25) is 0 Å². The van der Waals surface area contributed by atoms with Crippen LogP contribution < -0.4 is 22.3 Å². The van der Waals surface area contributed by atoms with Gasteiger partial charge in [-0.25, -0.2) is 5.84 Å². The highest BCUT2D eigenvalue weighted by molar-refractivity contribution is 5.79. The van der Waals surface area contributed by atoms with Gasteiger partial charge >= 0.3 is 0 Å². The Kier molecular flexibility index (Phi) is 5.72. The molecule has 0 aliphatic rings. The van der Waals surface area contributed by atoms with E-state index in [1.807, 2.05) is 6.92 Å². The third-order valence-electron chi connectivity index (χ3n) is 1.11. The summed E-state index contributed by atoms with van der Waals surface area (Å²) < 4.78 is 0. The highest BCUT2D eigenvalue weighted by atomic mass is 16.1. The van der Waals surface area contributed by atoms with Crippen molar-refractivity contribution in [1.29, 1.82) is 0 Å². The molecule has 6 nitrogen and oxygen atoms in total. The zero-order chi connectivity index (χ0) is 9.40. The van der Waals surface area contributed by atoms with E-state index in [0.29, 0.717) is 12.5 Å². The van der Waals surface area contributed by atoms with E-state index in [2.05, 4.69) is 15.7 Å². The molecular formula is C6H15N5O. The molecule has 0 atom stereocenters. The second kappa shape index (κ2) is 6.41. The summed E-state index contributed by atoms with van der Waals surface area (Å²) in [7, 11) is 0. The van der Waals surface area contributed by atoms with Gasteiger partial charge in [0.2, 0.25) is 11.9 Å². The first kappa shape index (κ1) is 10.7. The molecule has 6 N–H and O–H groups in total. The van der Waals surface area contributed by atoms with Gasteiger partial charge in [0.25, 0.3) is 0 Å². The molecule has 0 radical (unpaired) electrons. The van der Waals surface area contributed by atoms with Crippen LogP contribution in [-0.2, 0) is 4.79 Å². The van der Waals surface area contributed by atoms with Gasteiger partial charge in [0, 0.05) is 13.0 Å². The Balaban J connectivity index is 3.69. The number of nitrogens with one attached hydrogen (secondary N) is 2. The zero-order valence-corrected chi connectivity index (χ0v) is 7.13. The molecule has 0 rings (SSSR count). The normalized spacial score (nSPS) is 11.0. The number of carbonyl (C=O) groups excluding carboxylic acids is 1. The van der Waals surface area contributed by atoms with Crippen LogP contribution in [-0.4, -0.2) is 25.0 Å². The molecule has 0 saturated heterocycles. The van der Waals surface area contributed by atoms with Gasteiger partial charge in [0.15, 0.2) is 0 Å². The molecular weight excluding hydrogens is 158 g/mol. The minimum Gasteiger partial charge on any atom is -0.370 e. The van der Waals surface area contributed by atoms with Crippen molar-refractivity contribution in [2.75, 3.05) is 13.1 Å². The lowest BCUT2D eigenvalue weighted by atomic mass is 10.4. The summed E-state index contributed by atoms with van der Waals surface area (Å²) in [5, 5.41) is 2.87. The third kappa shape index (κ3) is 5.48. The summed E-state index contributed by atoms with van der Waals surface area (Å²) in [6, 6.07) is 0. The van der Waals surface area contributed by atoms with Crippen LogP contribution in [0.5, 0.6) is 0 Å². The first-order valence-corrected chi connectivity index (χ1v) is 3.74. The fraction of sp³-hybridized carbons (Fsp3) is 0.667. The molecule has 0 aromatic heterocycles. The lowest BCUT2D eigenvalue weighted by Gasteiger charge is -2.05. The van der Waals surface area contributed by atoms with Crippen LogP contribution in [0.25, 0.3) is 0 Å². The van der Waals surface area contributed by atoms with Crippen molar-refractivity contribution in [3.63, 3.8) is 0 Å². The van der Waals surface area contributed by atoms with Gasteiger partial charge in [-0.3, -0.25) is 15.2 Å². The maximum absolute atomic E-state index is 10.3. The lowest BCUT2D eigenvalue weighted by molar-refractivity contribution is -0.117. The number of primary amides is 1. The maximum atomic E-state index is 10.3. The number of nitrogens with zero attached hydrogens (tertiary/aromatic N) is 1. The quantitative estimate of drug-likeness (QED) is 0.176.